The number of carbonyl (C=O) groups excluding carboxylic acids is 3. The molecule has 164 valence electrons. The number of thioether (sulfide) groups is 1. The molecule has 1 aromatic heterocycles. The van der Waals surface area contributed by atoms with Crippen LogP contribution in [0.2, 0.25) is 0 Å². The van der Waals surface area contributed by atoms with Crippen molar-refractivity contribution < 1.29 is 14.4 Å². The van der Waals surface area contributed by atoms with Gasteiger partial charge in [0.25, 0.3) is 11.1 Å². The van der Waals surface area contributed by atoms with Crippen molar-refractivity contribution in [3.8, 4) is 0 Å². The molecule has 31 heavy (non-hydrogen) atoms. The van der Waals surface area contributed by atoms with Gasteiger partial charge in [0.05, 0.1) is 4.91 Å². The molecule has 7 nitrogen and oxygen atoms in total. The van der Waals surface area contributed by atoms with E-state index in [0.29, 0.717) is 4.91 Å². The largest absolute Gasteiger partial charge is 0.353 e. The maximum absolute atomic E-state index is 12.6. The number of imide groups is 1. The normalized spacial score (nSPS) is 15.7. The van der Waals surface area contributed by atoms with Gasteiger partial charge in [-0.25, -0.2) is 0 Å². The van der Waals surface area contributed by atoms with Crippen molar-refractivity contribution in [1.82, 2.24) is 14.8 Å². The summed E-state index contributed by atoms with van der Waals surface area (Å²) in [7, 11) is 0. The van der Waals surface area contributed by atoms with Crippen molar-refractivity contribution >= 4 is 46.2 Å². The van der Waals surface area contributed by atoms with E-state index in [1.54, 1.807) is 18.4 Å². The van der Waals surface area contributed by atoms with E-state index in [1.807, 2.05) is 24.3 Å². The Morgan fingerprint density at radius 1 is 1.13 bits per heavy atom. The van der Waals surface area contributed by atoms with Crippen molar-refractivity contribution in [3.63, 3.8) is 0 Å². The minimum absolute atomic E-state index is 0.0384. The SMILES string of the molecule is Cc1csc(=O)n1CC(=O)NCCN1C(=O)S/C(=C\c2ccc(C(C)(C)C)cc2)C1=O. The molecule has 1 aromatic carbocycles. The fourth-order valence-corrected chi connectivity index (χ4v) is 4.63. The minimum atomic E-state index is -0.367. The van der Waals surface area contributed by atoms with E-state index in [1.165, 1.54) is 10.1 Å². The van der Waals surface area contributed by atoms with Gasteiger partial charge in [-0.1, -0.05) is 56.4 Å². The van der Waals surface area contributed by atoms with Crippen LogP contribution in [0.15, 0.2) is 39.3 Å². The molecule has 0 aliphatic carbocycles. The van der Waals surface area contributed by atoms with Gasteiger partial charge < -0.3 is 5.32 Å². The summed E-state index contributed by atoms with van der Waals surface area (Å²) in [6, 6.07) is 7.91. The lowest BCUT2D eigenvalue weighted by molar-refractivity contribution is -0.124. The number of aromatic nitrogens is 1. The average molecular weight is 460 g/mol. The average Bonchev–Trinajstić information content (AvgIpc) is 3.15. The van der Waals surface area contributed by atoms with E-state index >= 15 is 0 Å². The van der Waals surface area contributed by atoms with E-state index in [9.17, 15) is 19.2 Å². The van der Waals surface area contributed by atoms with Gasteiger partial charge in [0.2, 0.25) is 5.91 Å². The van der Waals surface area contributed by atoms with E-state index in [-0.39, 0.29) is 47.0 Å². The number of amides is 3. The summed E-state index contributed by atoms with van der Waals surface area (Å²) < 4.78 is 1.38. The van der Waals surface area contributed by atoms with Crippen molar-refractivity contribution in [2.75, 3.05) is 13.1 Å². The summed E-state index contributed by atoms with van der Waals surface area (Å²) in [5, 5.41) is 3.99. The fraction of sp³-hybridized carbons (Fsp3) is 0.364. The molecule has 2 heterocycles. The summed E-state index contributed by atoms with van der Waals surface area (Å²) in [4.78, 5) is 50.0. The lowest BCUT2D eigenvalue weighted by Gasteiger charge is -2.18. The Bertz CT molecular complexity index is 1090. The predicted octanol–water partition coefficient (Wildman–Crippen LogP) is 3.37. The van der Waals surface area contributed by atoms with E-state index in [4.69, 9.17) is 0 Å². The Kier molecular flexibility index (Phi) is 6.86. The summed E-state index contributed by atoms with van der Waals surface area (Å²) in [6.07, 6.45) is 1.71. The minimum Gasteiger partial charge on any atom is -0.353 e. The Balaban J connectivity index is 1.57. The van der Waals surface area contributed by atoms with Crippen LogP contribution in [0.3, 0.4) is 0 Å². The molecule has 0 saturated carbocycles. The number of aryl methyl sites for hydroxylation is 1. The molecule has 0 bridgehead atoms. The number of nitrogens with zero attached hydrogens (tertiary/aromatic N) is 2. The first-order valence-corrected chi connectivity index (χ1v) is 11.5. The third-order valence-electron chi connectivity index (χ3n) is 4.88. The van der Waals surface area contributed by atoms with Crippen LogP contribution in [0.5, 0.6) is 0 Å². The highest BCUT2D eigenvalue weighted by atomic mass is 32.2. The summed E-state index contributed by atoms with van der Waals surface area (Å²) in [5.74, 6) is -0.709. The maximum Gasteiger partial charge on any atom is 0.307 e. The highest BCUT2D eigenvalue weighted by Gasteiger charge is 2.34. The first kappa shape index (κ1) is 23.0. The van der Waals surface area contributed by atoms with Crippen LogP contribution in [-0.4, -0.2) is 39.6 Å². The van der Waals surface area contributed by atoms with Crippen LogP contribution >= 0.6 is 23.1 Å². The molecule has 0 unspecified atom stereocenters. The molecule has 0 spiro atoms. The second-order valence-corrected chi connectivity index (χ2v) is 10.1. The summed E-state index contributed by atoms with van der Waals surface area (Å²) >= 11 is 1.94. The highest BCUT2D eigenvalue weighted by molar-refractivity contribution is 8.18. The Morgan fingerprint density at radius 3 is 2.39 bits per heavy atom. The van der Waals surface area contributed by atoms with Crippen LogP contribution in [0.4, 0.5) is 4.79 Å². The summed E-state index contributed by atoms with van der Waals surface area (Å²) in [5.41, 5.74) is 2.80. The topological polar surface area (TPSA) is 88.5 Å². The first-order chi connectivity index (χ1) is 14.6. The lowest BCUT2D eigenvalue weighted by Crippen LogP contribution is -2.39. The van der Waals surface area contributed by atoms with Crippen LogP contribution < -0.4 is 10.2 Å². The van der Waals surface area contributed by atoms with Gasteiger partial charge in [-0.15, -0.1) is 0 Å². The zero-order valence-corrected chi connectivity index (χ0v) is 19.6. The molecule has 1 aliphatic heterocycles. The Labute approximate surface area is 189 Å². The monoisotopic (exact) mass is 459 g/mol. The second-order valence-electron chi connectivity index (χ2n) is 8.28. The van der Waals surface area contributed by atoms with Crippen LogP contribution in [-0.2, 0) is 21.5 Å². The molecule has 9 heteroatoms. The zero-order valence-electron chi connectivity index (χ0n) is 17.9. The van der Waals surface area contributed by atoms with Gasteiger partial charge >= 0.3 is 4.87 Å². The Hall–Kier alpha value is -2.65. The maximum atomic E-state index is 12.6. The van der Waals surface area contributed by atoms with Gasteiger partial charge in [-0.2, -0.15) is 0 Å². The quantitative estimate of drug-likeness (QED) is 0.669. The predicted molar refractivity (Wildman–Crippen MR) is 124 cm³/mol. The van der Waals surface area contributed by atoms with Crippen LogP contribution in [0.1, 0.15) is 37.6 Å². The van der Waals surface area contributed by atoms with Crippen LogP contribution in [0, 0.1) is 6.92 Å². The number of benzene rings is 1. The molecule has 0 radical (unpaired) electrons. The fourth-order valence-electron chi connectivity index (χ4n) is 3.03. The molecule has 1 saturated heterocycles. The third kappa shape index (κ3) is 5.54. The molecular formula is C22H25N3O4S2. The van der Waals surface area contributed by atoms with Gasteiger partial charge in [0, 0.05) is 24.2 Å². The smallest absolute Gasteiger partial charge is 0.307 e. The van der Waals surface area contributed by atoms with E-state index < -0.39 is 0 Å². The zero-order chi connectivity index (χ0) is 22.8. The molecule has 3 amide bonds. The van der Waals surface area contributed by atoms with Crippen molar-refractivity contribution in [2.24, 2.45) is 0 Å². The number of carbonyl (C=O) groups is 3. The van der Waals surface area contributed by atoms with Crippen molar-refractivity contribution in [2.45, 2.75) is 39.7 Å². The van der Waals surface area contributed by atoms with E-state index in [0.717, 1.165) is 39.3 Å². The number of hydrogen-bond donors (Lipinski definition) is 1. The number of nitrogens with one attached hydrogen (secondary N) is 1. The summed E-state index contributed by atoms with van der Waals surface area (Å²) in [6.45, 7) is 8.27. The van der Waals surface area contributed by atoms with Crippen molar-refractivity contribution in [1.29, 1.82) is 0 Å². The lowest BCUT2D eigenvalue weighted by atomic mass is 9.87. The van der Waals surface area contributed by atoms with Crippen molar-refractivity contribution in [3.05, 3.63) is 61.0 Å². The second kappa shape index (κ2) is 9.23. The molecule has 2 aromatic rings. The molecule has 1 aliphatic rings. The van der Waals surface area contributed by atoms with Gasteiger partial charge in [-0.05, 0) is 41.3 Å². The standard InChI is InChI=1S/C22H25N3O4S2/c1-14-13-30-20(28)25(14)12-18(26)23-9-10-24-19(27)17(31-21(24)29)11-15-5-7-16(8-6-15)22(2,3)4/h5-8,11,13H,9-10,12H2,1-4H3,(H,23,26)/b17-11-. The highest BCUT2D eigenvalue weighted by Crippen LogP contribution is 2.32. The van der Waals surface area contributed by atoms with Gasteiger partial charge in [-0.3, -0.25) is 28.6 Å². The van der Waals surface area contributed by atoms with Gasteiger partial charge in [0.15, 0.2) is 0 Å². The van der Waals surface area contributed by atoms with Gasteiger partial charge in [0.1, 0.15) is 6.54 Å². The first-order valence-electron chi connectivity index (χ1n) is 9.84. The van der Waals surface area contributed by atoms with E-state index in [2.05, 4.69) is 26.1 Å². The number of thiazole rings is 1. The van der Waals surface area contributed by atoms with Crippen LogP contribution in [0.25, 0.3) is 6.08 Å². The molecule has 1 N–H and O–H groups in total. The molecule has 1 fully saturated rings. The molecule has 0 atom stereocenters. The molecule has 3 rings (SSSR count). The Morgan fingerprint density at radius 2 is 1.81 bits per heavy atom. The molecular weight excluding hydrogens is 434 g/mol. The third-order valence-corrected chi connectivity index (χ3v) is 6.67. The number of rotatable bonds is 6. The number of hydrogen-bond acceptors (Lipinski definition) is 6.